The number of halogens is 3. The van der Waals surface area contributed by atoms with E-state index >= 15 is 0 Å². The maximum absolute atomic E-state index is 13.1. The first-order valence-corrected chi connectivity index (χ1v) is 7.20. The Morgan fingerprint density at radius 1 is 1.08 bits per heavy atom. The van der Waals surface area contributed by atoms with E-state index < -0.39 is 24.3 Å². The Morgan fingerprint density at radius 3 is 2.25 bits per heavy atom. The van der Waals surface area contributed by atoms with E-state index in [0.29, 0.717) is 11.3 Å². The fraction of sp³-hybridized carbons (Fsp3) is 0.211. The topological polar surface area (TPSA) is 26.3 Å². The standard InChI is InChI=1S/C19H15F3O2/c1-24-17-11-8-15(9-12-17)18(23)13-16(19(20,21)22)10-7-14-5-3-2-4-6-14/h2-6,8-9,11-12,16H,13H2,1H3. The lowest BCUT2D eigenvalue weighted by Crippen LogP contribution is -2.24. The van der Waals surface area contributed by atoms with Crippen molar-refractivity contribution in [3.63, 3.8) is 0 Å². The molecule has 0 aliphatic rings. The molecule has 1 unspecified atom stereocenters. The molecule has 0 amide bonds. The van der Waals surface area contributed by atoms with Crippen molar-refractivity contribution in [2.24, 2.45) is 5.92 Å². The van der Waals surface area contributed by atoms with Gasteiger partial charge in [-0.3, -0.25) is 4.79 Å². The molecule has 5 heteroatoms. The zero-order valence-electron chi connectivity index (χ0n) is 12.9. The van der Waals surface area contributed by atoms with Gasteiger partial charge >= 0.3 is 6.18 Å². The van der Waals surface area contributed by atoms with E-state index in [1.165, 1.54) is 31.4 Å². The molecule has 0 N–H and O–H groups in total. The van der Waals surface area contributed by atoms with E-state index in [9.17, 15) is 18.0 Å². The lowest BCUT2D eigenvalue weighted by Gasteiger charge is -2.14. The minimum absolute atomic E-state index is 0.201. The lowest BCUT2D eigenvalue weighted by molar-refractivity contribution is -0.157. The lowest BCUT2D eigenvalue weighted by atomic mass is 9.97. The molecule has 24 heavy (non-hydrogen) atoms. The Kier molecular flexibility index (Phi) is 5.64. The van der Waals surface area contributed by atoms with Gasteiger partial charge in [-0.25, -0.2) is 0 Å². The first-order chi connectivity index (χ1) is 11.4. The molecule has 2 rings (SSSR count). The minimum Gasteiger partial charge on any atom is -0.497 e. The van der Waals surface area contributed by atoms with Crippen LogP contribution in [-0.4, -0.2) is 19.1 Å². The highest BCUT2D eigenvalue weighted by atomic mass is 19.4. The van der Waals surface area contributed by atoms with Gasteiger partial charge < -0.3 is 4.74 Å². The van der Waals surface area contributed by atoms with Crippen molar-refractivity contribution >= 4 is 5.78 Å². The van der Waals surface area contributed by atoms with Gasteiger partial charge in [0.1, 0.15) is 11.7 Å². The number of hydrogen-bond acceptors (Lipinski definition) is 2. The van der Waals surface area contributed by atoms with E-state index in [4.69, 9.17) is 4.74 Å². The summed E-state index contributed by atoms with van der Waals surface area (Å²) in [6.07, 6.45) is -5.28. The van der Waals surface area contributed by atoms with Gasteiger partial charge in [-0.05, 0) is 36.4 Å². The molecule has 0 radical (unpaired) electrons. The summed E-state index contributed by atoms with van der Waals surface area (Å²) in [5.41, 5.74) is 0.676. The van der Waals surface area contributed by atoms with Crippen molar-refractivity contribution in [1.82, 2.24) is 0 Å². The third-order valence-electron chi connectivity index (χ3n) is 3.36. The van der Waals surface area contributed by atoms with Crippen molar-refractivity contribution in [2.75, 3.05) is 7.11 Å². The van der Waals surface area contributed by atoms with Crippen molar-refractivity contribution < 1.29 is 22.7 Å². The van der Waals surface area contributed by atoms with Crippen LogP contribution in [0.15, 0.2) is 54.6 Å². The molecule has 2 nitrogen and oxygen atoms in total. The average molecular weight is 332 g/mol. The smallest absolute Gasteiger partial charge is 0.402 e. The van der Waals surface area contributed by atoms with Gasteiger partial charge in [0.15, 0.2) is 5.78 Å². The number of rotatable bonds is 4. The molecular weight excluding hydrogens is 317 g/mol. The number of Topliss-reactive ketones (excluding diaryl/α,β-unsaturated/α-hetero) is 1. The Morgan fingerprint density at radius 2 is 1.71 bits per heavy atom. The molecule has 0 saturated carbocycles. The molecule has 1 atom stereocenters. The first-order valence-electron chi connectivity index (χ1n) is 7.20. The van der Waals surface area contributed by atoms with Gasteiger partial charge in [0.2, 0.25) is 0 Å². The number of carbonyl (C=O) groups is 1. The molecule has 2 aromatic carbocycles. The monoisotopic (exact) mass is 332 g/mol. The van der Waals surface area contributed by atoms with Gasteiger partial charge in [0.25, 0.3) is 0 Å². The summed E-state index contributed by atoms with van der Waals surface area (Å²) in [5, 5.41) is 0. The first kappa shape index (κ1) is 17.6. The van der Waals surface area contributed by atoms with Crippen LogP contribution in [0.25, 0.3) is 0 Å². The van der Waals surface area contributed by atoms with E-state index in [1.54, 1.807) is 30.3 Å². The van der Waals surface area contributed by atoms with E-state index in [0.717, 1.165) is 0 Å². The highest BCUT2D eigenvalue weighted by molar-refractivity contribution is 5.96. The average Bonchev–Trinajstić information content (AvgIpc) is 2.58. The molecule has 0 aromatic heterocycles. The molecule has 0 fully saturated rings. The molecule has 0 saturated heterocycles. The Balaban J connectivity index is 2.17. The van der Waals surface area contributed by atoms with Gasteiger partial charge in [-0.1, -0.05) is 30.0 Å². The van der Waals surface area contributed by atoms with Gasteiger partial charge in [0, 0.05) is 17.5 Å². The quantitative estimate of drug-likeness (QED) is 0.609. The second-order valence-electron chi connectivity index (χ2n) is 5.09. The van der Waals surface area contributed by atoms with E-state index in [1.807, 2.05) is 0 Å². The zero-order valence-corrected chi connectivity index (χ0v) is 12.9. The largest absolute Gasteiger partial charge is 0.497 e. The van der Waals surface area contributed by atoms with Crippen molar-refractivity contribution in [3.05, 3.63) is 65.7 Å². The van der Waals surface area contributed by atoms with Gasteiger partial charge in [-0.2, -0.15) is 13.2 Å². The van der Waals surface area contributed by atoms with Crippen molar-refractivity contribution in [2.45, 2.75) is 12.6 Å². The maximum atomic E-state index is 13.1. The molecule has 0 bridgehead atoms. The Bertz CT molecular complexity index is 738. The summed E-state index contributed by atoms with van der Waals surface area (Å²) in [4.78, 5) is 12.1. The molecule has 0 aliphatic carbocycles. The van der Waals surface area contributed by atoms with E-state index in [-0.39, 0.29) is 5.56 Å². The van der Waals surface area contributed by atoms with Crippen LogP contribution >= 0.6 is 0 Å². The molecular formula is C19H15F3O2. The summed E-state index contributed by atoms with van der Waals surface area (Å²) in [6, 6.07) is 14.3. The van der Waals surface area contributed by atoms with Crippen LogP contribution in [0.5, 0.6) is 5.75 Å². The van der Waals surface area contributed by atoms with Gasteiger partial charge in [-0.15, -0.1) is 0 Å². The molecule has 0 heterocycles. The number of ether oxygens (including phenoxy) is 1. The fourth-order valence-corrected chi connectivity index (χ4v) is 2.02. The Labute approximate surface area is 138 Å². The van der Waals surface area contributed by atoms with Crippen LogP contribution in [0.2, 0.25) is 0 Å². The highest BCUT2D eigenvalue weighted by Gasteiger charge is 2.39. The summed E-state index contributed by atoms with van der Waals surface area (Å²) in [5.74, 6) is 2.58. The van der Waals surface area contributed by atoms with Crippen molar-refractivity contribution in [1.29, 1.82) is 0 Å². The number of benzene rings is 2. The van der Waals surface area contributed by atoms with E-state index in [2.05, 4.69) is 11.8 Å². The number of carbonyl (C=O) groups excluding carboxylic acids is 1. The SMILES string of the molecule is COc1ccc(C(=O)CC(C#Cc2ccccc2)C(F)(F)F)cc1. The predicted octanol–water partition coefficient (Wildman–Crippen LogP) is 4.50. The van der Waals surface area contributed by atoms with Crippen molar-refractivity contribution in [3.8, 4) is 17.6 Å². The zero-order chi connectivity index (χ0) is 17.6. The highest BCUT2D eigenvalue weighted by Crippen LogP contribution is 2.29. The fourth-order valence-electron chi connectivity index (χ4n) is 2.02. The summed E-state index contributed by atoms with van der Waals surface area (Å²) in [6.45, 7) is 0. The predicted molar refractivity (Wildman–Crippen MR) is 84.8 cm³/mol. The second-order valence-corrected chi connectivity index (χ2v) is 5.09. The molecule has 124 valence electrons. The molecule has 0 spiro atoms. The van der Waals surface area contributed by atoms with Crippen LogP contribution in [-0.2, 0) is 0 Å². The van der Waals surface area contributed by atoms with Crippen LogP contribution in [0.1, 0.15) is 22.3 Å². The van der Waals surface area contributed by atoms with Crippen LogP contribution in [0.4, 0.5) is 13.2 Å². The molecule has 0 aliphatic heterocycles. The van der Waals surface area contributed by atoms with Gasteiger partial charge in [0.05, 0.1) is 7.11 Å². The third-order valence-corrected chi connectivity index (χ3v) is 3.36. The second kappa shape index (κ2) is 7.69. The maximum Gasteiger partial charge on any atom is 0.402 e. The number of methoxy groups -OCH3 is 1. The summed E-state index contributed by atoms with van der Waals surface area (Å²) >= 11 is 0. The minimum atomic E-state index is -4.57. The van der Waals surface area contributed by atoms with Crippen LogP contribution < -0.4 is 4.74 Å². The number of hydrogen-bond donors (Lipinski definition) is 0. The number of ketones is 1. The number of alkyl halides is 3. The normalized spacial score (nSPS) is 12.0. The third kappa shape index (κ3) is 4.88. The molecule has 2 aromatic rings. The van der Waals surface area contributed by atoms with Crippen LogP contribution in [0, 0.1) is 17.8 Å². The Hall–Kier alpha value is -2.74. The summed E-state index contributed by atoms with van der Waals surface area (Å²) < 4.78 is 44.4. The van der Waals surface area contributed by atoms with Crippen LogP contribution in [0.3, 0.4) is 0 Å². The summed E-state index contributed by atoms with van der Waals surface area (Å²) in [7, 11) is 1.47.